The molecule has 3 heterocycles. The molecule has 1 aromatic heterocycles. The number of carbonyl (C=O) groups is 1. The van der Waals surface area contributed by atoms with Crippen LogP contribution in [-0.2, 0) is 17.7 Å². The molecule has 2 aliphatic heterocycles. The molecule has 0 fully saturated rings. The normalized spacial score (nSPS) is 17.8. The number of nitrogens with zero attached hydrogens (tertiary/aromatic N) is 2. The zero-order valence-corrected chi connectivity index (χ0v) is 18.8. The van der Waals surface area contributed by atoms with Gasteiger partial charge in [0.2, 0.25) is 0 Å². The standard InChI is InChI=1S/C22H20ClN3O2S2/c1-3-4-11-28-22(27)26-10-9-15-17(12-26)30-21-18(15)19(24-13(2)20(29)25-21)14-7-5-6-8-16(14)23/h1,5-8,13H,4,9-12H2,2H3,(H,25,29). The Morgan fingerprint density at radius 2 is 2.30 bits per heavy atom. The number of thiophene rings is 1. The van der Waals surface area contributed by atoms with Crippen molar-refractivity contribution in [2.45, 2.75) is 32.4 Å². The van der Waals surface area contributed by atoms with Crippen LogP contribution in [0.1, 0.15) is 34.9 Å². The topological polar surface area (TPSA) is 53.9 Å². The summed E-state index contributed by atoms with van der Waals surface area (Å²) >= 11 is 13.7. The summed E-state index contributed by atoms with van der Waals surface area (Å²) < 4.78 is 5.27. The van der Waals surface area contributed by atoms with Crippen molar-refractivity contribution in [1.29, 1.82) is 0 Å². The van der Waals surface area contributed by atoms with E-state index in [-0.39, 0.29) is 18.7 Å². The van der Waals surface area contributed by atoms with Crippen molar-refractivity contribution in [2.75, 3.05) is 18.5 Å². The number of ether oxygens (including phenoxy) is 1. The Morgan fingerprint density at radius 3 is 3.07 bits per heavy atom. The average Bonchev–Trinajstić information content (AvgIpc) is 3.03. The van der Waals surface area contributed by atoms with Crippen molar-refractivity contribution in [3.63, 3.8) is 0 Å². The van der Waals surface area contributed by atoms with Gasteiger partial charge in [-0.1, -0.05) is 42.0 Å². The Bertz CT molecular complexity index is 1090. The number of carbonyl (C=O) groups excluding carboxylic acids is 1. The Balaban J connectivity index is 1.71. The van der Waals surface area contributed by atoms with E-state index in [9.17, 15) is 4.79 Å². The SMILES string of the molecule is C#CCCOC(=O)N1CCc2c(sc3c2C(c2ccccc2Cl)=NC(C)C(=S)N3)C1. The summed E-state index contributed by atoms with van der Waals surface area (Å²) in [5.74, 6) is 2.48. The number of thiocarbonyl (C=S) groups is 1. The van der Waals surface area contributed by atoms with E-state index in [1.807, 2.05) is 31.2 Å². The lowest BCUT2D eigenvalue weighted by atomic mass is 9.95. The first-order valence-electron chi connectivity index (χ1n) is 9.63. The largest absolute Gasteiger partial charge is 0.448 e. The number of anilines is 1. The number of terminal acetylenes is 1. The van der Waals surface area contributed by atoms with Gasteiger partial charge in [0.1, 0.15) is 16.6 Å². The second kappa shape index (κ2) is 8.76. The van der Waals surface area contributed by atoms with Crippen LogP contribution >= 0.6 is 35.2 Å². The molecule has 0 spiro atoms. The monoisotopic (exact) mass is 457 g/mol. The Morgan fingerprint density at radius 1 is 1.50 bits per heavy atom. The van der Waals surface area contributed by atoms with Gasteiger partial charge < -0.3 is 15.0 Å². The molecule has 8 heteroatoms. The number of benzene rings is 1. The average molecular weight is 458 g/mol. The molecular formula is C22H20ClN3O2S2. The maximum absolute atomic E-state index is 12.4. The lowest BCUT2D eigenvalue weighted by molar-refractivity contribution is 0.100. The summed E-state index contributed by atoms with van der Waals surface area (Å²) in [6.45, 7) is 3.27. The van der Waals surface area contributed by atoms with Gasteiger partial charge in [-0.15, -0.1) is 23.7 Å². The fourth-order valence-corrected chi connectivity index (χ4v) is 5.30. The van der Waals surface area contributed by atoms with Crippen LogP contribution in [0.4, 0.5) is 9.80 Å². The smallest absolute Gasteiger partial charge is 0.410 e. The number of nitrogens with one attached hydrogen (secondary N) is 1. The number of rotatable bonds is 3. The highest BCUT2D eigenvalue weighted by Crippen LogP contribution is 2.41. The summed E-state index contributed by atoms with van der Waals surface area (Å²) in [7, 11) is 0. The first-order chi connectivity index (χ1) is 14.5. The molecule has 30 heavy (non-hydrogen) atoms. The van der Waals surface area contributed by atoms with Crippen molar-refractivity contribution in [2.24, 2.45) is 4.99 Å². The van der Waals surface area contributed by atoms with Crippen LogP contribution in [0.5, 0.6) is 0 Å². The van der Waals surface area contributed by atoms with Crippen LogP contribution in [0.2, 0.25) is 5.02 Å². The molecule has 5 nitrogen and oxygen atoms in total. The molecule has 1 atom stereocenters. The van der Waals surface area contributed by atoms with Crippen LogP contribution < -0.4 is 5.32 Å². The molecule has 0 saturated carbocycles. The van der Waals surface area contributed by atoms with Gasteiger partial charge in [-0.25, -0.2) is 4.79 Å². The lowest BCUT2D eigenvalue weighted by Crippen LogP contribution is -2.36. The van der Waals surface area contributed by atoms with E-state index in [4.69, 9.17) is 40.0 Å². The highest BCUT2D eigenvalue weighted by atomic mass is 35.5. The van der Waals surface area contributed by atoms with Gasteiger partial charge in [0.15, 0.2) is 0 Å². The molecular weight excluding hydrogens is 438 g/mol. The quantitative estimate of drug-likeness (QED) is 0.404. The van der Waals surface area contributed by atoms with Crippen molar-refractivity contribution >= 4 is 57.0 Å². The maximum atomic E-state index is 12.4. The van der Waals surface area contributed by atoms with Crippen molar-refractivity contribution in [1.82, 2.24) is 4.90 Å². The molecule has 1 N–H and O–H groups in total. The molecule has 0 bridgehead atoms. The van der Waals surface area contributed by atoms with Gasteiger partial charge in [0, 0.05) is 34.0 Å². The number of hydrogen-bond donors (Lipinski definition) is 1. The summed E-state index contributed by atoms with van der Waals surface area (Å²) in [5.41, 5.74) is 3.95. The maximum Gasteiger partial charge on any atom is 0.410 e. The molecule has 154 valence electrons. The zero-order valence-electron chi connectivity index (χ0n) is 16.4. The summed E-state index contributed by atoms with van der Waals surface area (Å²) in [4.78, 5) is 20.8. The number of aliphatic imine (C=N–C) groups is 1. The van der Waals surface area contributed by atoms with Crippen LogP contribution in [0.3, 0.4) is 0 Å². The van der Waals surface area contributed by atoms with E-state index < -0.39 is 0 Å². The fourth-order valence-electron chi connectivity index (χ4n) is 3.58. The second-order valence-corrected chi connectivity index (χ2v) is 9.02. The molecule has 1 aromatic carbocycles. The fraction of sp³-hybridized carbons (Fsp3) is 0.318. The van der Waals surface area contributed by atoms with Gasteiger partial charge >= 0.3 is 6.09 Å². The Hall–Kier alpha value is -2.40. The van der Waals surface area contributed by atoms with Crippen LogP contribution in [-0.4, -0.2) is 40.9 Å². The summed E-state index contributed by atoms with van der Waals surface area (Å²) in [6, 6.07) is 7.55. The molecule has 2 aliphatic rings. The van der Waals surface area contributed by atoms with Gasteiger partial charge in [0.05, 0.1) is 18.3 Å². The highest BCUT2D eigenvalue weighted by Gasteiger charge is 2.32. The zero-order chi connectivity index (χ0) is 21.3. The van der Waals surface area contributed by atoms with Crippen molar-refractivity contribution < 1.29 is 9.53 Å². The predicted octanol–water partition coefficient (Wildman–Crippen LogP) is 4.90. The number of fused-ring (bicyclic) bond motifs is 3. The third-order valence-corrected chi connectivity index (χ3v) is 7.00. The molecule has 4 rings (SSSR count). The molecule has 0 aliphatic carbocycles. The number of amides is 1. The molecule has 2 aromatic rings. The molecule has 0 radical (unpaired) electrons. The summed E-state index contributed by atoms with van der Waals surface area (Å²) in [5, 5.41) is 4.97. The first kappa shape index (κ1) is 20.9. The minimum absolute atomic E-state index is 0.159. The van der Waals surface area contributed by atoms with Gasteiger partial charge in [-0.3, -0.25) is 4.99 Å². The van der Waals surface area contributed by atoms with Crippen LogP contribution in [0.15, 0.2) is 29.3 Å². The van der Waals surface area contributed by atoms with Crippen molar-refractivity contribution in [3.8, 4) is 12.3 Å². The molecule has 1 amide bonds. The first-order valence-corrected chi connectivity index (χ1v) is 11.2. The summed E-state index contributed by atoms with van der Waals surface area (Å²) in [6.07, 6.45) is 6.01. The van der Waals surface area contributed by atoms with E-state index in [2.05, 4.69) is 11.2 Å². The Kier molecular flexibility index (Phi) is 6.09. The lowest BCUT2D eigenvalue weighted by Gasteiger charge is -2.26. The highest BCUT2D eigenvalue weighted by molar-refractivity contribution is 7.80. The third-order valence-electron chi connectivity index (χ3n) is 5.09. The minimum atomic E-state index is -0.336. The van der Waals surface area contributed by atoms with Gasteiger partial charge in [-0.2, -0.15) is 0 Å². The minimum Gasteiger partial charge on any atom is -0.448 e. The van der Waals surface area contributed by atoms with E-state index >= 15 is 0 Å². The molecule has 1 unspecified atom stereocenters. The van der Waals surface area contributed by atoms with Crippen LogP contribution in [0, 0.1) is 12.3 Å². The number of hydrogen-bond acceptors (Lipinski definition) is 5. The van der Waals surface area contributed by atoms with E-state index in [0.717, 1.165) is 26.7 Å². The molecule has 0 saturated heterocycles. The van der Waals surface area contributed by atoms with E-state index in [1.54, 1.807) is 16.2 Å². The predicted molar refractivity (Wildman–Crippen MR) is 126 cm³/mol. The third kappa shape index (κ3) is 3.95. The number of halogens is 1. The second-order valence-electron chi connectivity index (χ2n) is 7.07. The van der Waals surface area contributed by atoms with Gasteiger partial charge in [0.25, 0.3) is 0 Å². The van der Waals surface area contributed by atoms with E-state index in [0.29, 0.717) is 35.9 Å². The Labute approximate surface area is 190 Å². The van der Waals surface area contributed by atoms with Gasteiger partial charge in [-0.05, 0) is 25.0 Å². The van der Waals surface area contributed by atoms with E-state index in [1.165, 1.54) is 5.56 Å². The van der Waals surface area contributed by atoms with Crippen molar-refractivity contribution in [3.05, 3.63) is 50.9 Å². The van der Waals surface area contributed by atoms with Crippen LogP contribution in [0.25, 0.3) is 0 Å².